The minimum absolute atomic E-state index is 0.00539. The zero-order valence-electron chi connectivity index (χ0n) is 22.7. The number of carbonyl (C=O) groups is 1. The molecule has 1 aromatic rings. The van der Waals surface area contributed by atoms with Crippen LogP contribution in [-0.2, 0) is 14.8 Å². The maximum Gasteiger partial charge on any atom is 0.258 e. The lowest BCUT2D eigenvalue weighted by Gasteiger charge is -2.35. The van der Waals surface area contributed by atoms with Crippen LogP contribution in [0.5, 0.6) is 5.75 Å². The predicted octanol–water partition coefficient (Wildman–Crippen LogP) is 3.20. The first-order valence-electron chi connectivity index (χ1n) is 13.0. The number of anilines is 1. The Labute approximate surface area is 217 Å². The lowest BCUT2D eigenvalue weighted by Crippen LogP contribution is -2.47. The Balaban J connectivity index is 2.48. The molecule has 1 aromatic carbocycles. The lowest BCUT2D eigenvalue weighted by molar-refractivity contribution is -0.0167. The van der Waals surface area contributed by atoms with E-state index in [0.29, 0.717) is 18.9 Å². The average molecular weight is 528 g/mol. The second-order valence-electron chi connectivity index (χ2n) is 10.1. The summed E-state index contributed by atoms with van der Waals surface area (Å²) in [6, 6.07) is 4.31. The molecule has 1 aliphatic rings. The summed E-state index contributed by atoms with van der Waals surface area (Å²) >= 11 is 0. The van der Waals surface area contributed by atoms with E-state index in [2.05, 4.69) is 30.5 Å². The van der Waals surface area contributed by atoms with E-state index in [1.807, 2.05) is 6.92 Å². The van der Waals surface area contributed by atoms with E-state index >= 15 is 0 Å². The fraction of sp³-hybridized carbons (Fsp3) is 0.731. The van der Waals surface area contributed by atoms with Gasteiger partial charge in [0.05, 0.1) is 36.7 Å². The number of fused-ring (bicyclic) bond motifs is 1. The van der Waals surface area contributed by atoms with Crippen molar-refractivity contribution in [2.75, 3.05) is 50.9 Å². The standard InChI is InChI=1S/C26H45N3O6S/c1-7-13-28(5)17-25-19(2)16-29(20(3)18-30)26(31)23-15-22(27-36(6,32)33)11-12-24(23)35-21(4)10-8-9-14-34-25/h11-12,15,19-21,25,27,30H,7-10,13-14,16-18H2,1-6H3/t19-,20+,21+,25+/m0/s1. The zero-order chi connectivity index (χ0) is 26.9. The van der Waals surface area contributed by atoms with E-state index in [9.17, 15) is 18.3 Å². The quantitative estimate of drug-likeness (QED) is 0.534. The van der Waals surface area contributed by atoms with Crippen LogP contribution in [0.25, 0.3) is 0 Å². The van der Waals surface area contributed by atoms with Crippen LogP contribution >= 0.6 is 0 Å². The molecule has 2 N–H and O–H groups in total. The number of carbonyl (C=O) groups excluding carboxylic acids is 1. The minimum Gasteiger partial charge on any atom is -0.490 e. The molecule has 0 saturated heterocycles. The third-order valence-corrected chi connectivity index (χ3v) is 7.06. The SMILES string of the molecule is CCCN(C)C[C@H]1OCCCC[C@@H](C)Oc2ccc(NS(C)(=O)=O)cc2C(=O)N([C@H](C)CO)C[C@@H]1C. The van der Waals surface area contributed by atoms with Crippen LogP contribution in [0.2, 0.25) is 0 Å². The minimum atomic E-state index is -3.52. The average Bonchev–Trinajstić information content (AvgIpc) is 2.80. The van der Waals surface area contributed by atoms with E-state index < -0.39 is 16.1 Å². The summed E-state index contributed by atoms with van der Waals surface area (Å²) in [5, 5.41) is 9.98. The predicted molar refractivity (Wildman–Crippen MR) is 143 cm³/mol. The Hall–Kier alpha value is -1.88. The number of aliphatic hydroxyl groups excluding tert-OH is 1. The number of aliphatic hydroxyl groups is 1. The number of amides is 1. The molecule has 1 heterocycles. The monoisotopic (exact) mass is 527 g/mol. The molecule has 9 nitrogen and oxygen atoms in total. The molecule has 36 heavy (non-hydrogen) atoms. The summed E-state index contributed by atoms with van der Waals surface area (Å²) in [5.41, 5.74) is 0.551. The van der Waals surface area contributed by atoms with Gasteiger partial charge in [-0.05, 0) is 71.3 Å². The molecule has 1 amide bonds. The van der Waals surface area contributed by atoms with Crippen LogP contribution in [0.3, 0.4) is 0 Å². The van der Waals surface area contributed by atoms with Crippen LogP contribution in [0, 0.1) is 5.92 Å². The van der Waals surface area contributed by atoms with Gasteiger partial charge in [-0.2, -0.15) is 0 Å². The van der Waals surface area contributed by atoms with Crippen molar-refractivity contribution in [1.29, 1.82) is 0 Å². The number of sulfonamides is 1. The molecule has 206 valence electrons. The van der Waals surface area contributed by atoms with E-state index in [1.54, 1.807) is 24.0 Å². The molecule has 0 radical (unpaired) electrons. The molecule has 0 bridgehead atoms. The van der Waals surface area contributed by atoms with Gasteiger partial charge < -0.3 is 24.4 Å². The highest BCUT2D eigenvalue weighted by Crippen LogP contribution is 2.28. The highest BCUT2D eigenvalue weighted by molar-refractivity contribution is 7.92. The molecule has 0 aliphatic carbocycles. The summed E-state index contributed by atoms with van der Waals surface area (Å²) in [7, 11) is -1.45. The van der Waals surface area contributed by atoms with Crippen LogP contribution in [-0.4, -0.2) is 93.6 Å². The van der Waals surface area contributed by atoms with Gasteiger partial charge in [-0.15, -0.1) is 0 Å². The van der Waals surface area contributed by atoms with Gasteiger partial charge in [-0.1, -0.05) is 13.8 Å². The van der Waals surface area contributed by atoms with Gasteiger partial charge in [0.15, 0.2) is 0 Å². The van der Waals surface area contributed by atoms with Crippen LogP contribution < -0.4 is 9.46 Å². The second-order valence-corrected chi connectivity index (χ2v) is 11.9. The van der Waals surface area contributed by atoms with E-state index in [1.165, 1.54) is 6.07 Å². The van der Waals surface area contributed by atoms with Crippen LogP contribution in [0.15, 0.2) is 18.2 Å². The Morgan fingerprint density at radius 1 is 1.28 bits per heavy atom. The Bertz CT molecular complexity index is 942. The molecule has 0 fully saturated rings. The summed E-state index contributed by atoms with van der Waals surface area (Å²) in [6.07, 6.45) is 4.54. The Morgan fingerprint density at radius 3 is 2.64 bits per heavy atom. The maximum atomic E-state index is 13.9. The number of likely N-dealkylation sites (N-methyl/N-ethyl adjacent to an activating group) is 1. The third kappa shape index (κ3) is 9.53. The number of hydrogen-bond acceptors (Lipinski definition) is 7. The Kier molecular flexibility index (Phi) is 11.9. The summed E-state index contributed by atoms with van der Waals surface area (Å²) in [5.74, 6) is 0.0909. The van der Waals surface area contributed by atoms with Gasteiger partial charge in [0.25, 0.3) is 5.91 Å². The topological polar surface area (TPSA) is 108 Å². The smallest absolute Gasteiger partial charge is 0.258 e. The molecule has 2 rings (SSSR count). The van der Waals surface area contributed by atoms with Gasteiger partial charge in [0, 0.05) is 31.3 Å². The van der Waals surface area contributed by atoms with Gasteiger partial charge in [-0.25, -0.2) is 8.42 Å². The molecule has 0 unspecified atom stereocenters. The van der Waals surface area contributed by atoms with Gasteiger partial charge in [-0.3, -0.25) is 9.52 Å². The van der Waals surface area contributed by atoms with Crippen LogP contribution in [0.4, 0.5) is 5.69 Å². The number of rotatable bonds is 8. The highest BCUT2D eigenvalue weighted by atomic mass is 32.2. The van der Waals surface area contributed by atoms with Gasteiger partial charge in [0.1, 0.15) is 5.75 Å². The van der Waals surface area contributed by atoms with Crippen molar-refractivity contribution in [3.8, 4) is 5.75 Å². The fourth-order valence-corrected chi connectivity index (χ4v) is 5.00. The summed E-state index contributed by atoms with van der Waals surface area (Å²) < 4.78 is 38.6. The molecule has 1 aliphatic heterocycles. The summed E-state index contributed by atoms with van der Waals surface area (Å²) in [6.45, 7) is 10.5. The maximum absolute atomic E-state index is 13.9. The first kappa shape index (κ1) is 30.3. The highest BCUT2D eigenvalue weighted by Gasteiger charge is 2.30. The Morgan fingerprint density at radius 2 is 2.00 bits per heavy atom. The number of nitrogens with zero attached hydrogens (tertiary/aromatic N) is 2. The molecule has 0 spiro atoms. The van der Waals surface area contributed by atoms with E-state index in [-0.39, 0.29) is 41.9 Å². The number of hydrogen-bond donors (Lipinski definition) is 2. The third-order valence-electron chi connectivity index (χ3n) is 6.45. The van der Waals surface area contributed by atoms with Crippen molar-refractivity contribution in [3.05, 3.63) is 23.8 Å². The van der Waals surface area contributed by atoms with E-state index in [4.69, 9.17) is 9.47 Å². The first-order valence-corrected chi connectivity index (χ1v) is 14.8. The normalized spacial score (nSPS) is 23.5. The molecular weight excluding hydrogens is 482 g/mol. The van der Waals surface area contributed by atoms with Crippen molar-refractivity contribution in [3.63, 3.8) is 0 Å². The number of ether oxygens (including phenoxy) is 2. The van der Waals surface area contributed by atoms with Gasteiger partial charge in [0.2, 0.25) is 10.0 Å². The van der Waals surface area contributed by atoms with Gasteiger partial charge >= 0.3 is 0 Å². The first-order chi connectivity index (χ1) is 16.9. The number of benzene rings is 1. The van der Waals surface area contributed by atoms with Crippen molar-refractivity contribution in [1.82, 2.24) is 9.80 Å². The van der Waals surface area contributed by atoms with Crippen molar-refractivity contribution >= 4 is 21.6 Å². The zero-order valence-corrected chi connectivity index (χ0v) is 23.5. The summed E-state index contributed by atoms with van der Waals surface area (Å²) in [4.78, 5) is 17.8. The molecule has 10 heteroatoms. The van der Waals surface area contributed by atoms with Crippen molar-refractivity contribution in [2.24, 2.45) is 5.92 Å². The second kappa shape index (κ2) is 14.2. The molecular formula is C26H45N3O6S. The largest absolute Gasteiger partial charge is 0.490 e. The molecule has 4 atom stereocenters. The van der Waals surface area contributed by atoms with Crippen molar-refractivity contribution in [2.45, 2.75) is 71.6 Å². The lowest BCUT2D eigenvalue weighted by atomic mass is 10.0. The number of nitrogens with one attached hydrogen (secondary N) is 1. The molecule has 0 aromatic heterocycles. The molecule has 0 saturated carbocycles. The fourth-order valence-electron chi connectivity index (χ4n) is 4.44. The van der Waals surface area contributed by atoms with E-state index in [0.717, 1.165) is 45.0 Å². The van der Waals surface area contributed by atoms with Crippen LogP contribution in [0.1, 0.15) is 63.7 Å². The van der Waals surface area contributed by atoms with Crippen molar-refractivity contribution < 1.29 is 27.8 Å².